The molecule has 0 amide bonds. The Morgan fingerprint density at radius 2 is 1.86 bits per heavy atom. The highest BCUT2D eigenvalue weighted by atomic mass is 127. The molecule has 0 aromatic heterocycles. The summed E-state index contributed by atoms with van der Waals surface area (Å²) in [5.74, 6) is 0. The van der Waals surface area contributed by atoms with E-state index in [-0.39, 0.29) is 6.61 Å². The molecule has 0 unspecified atom stereocenters. The lowest BCUT2D eigenvalue weighted by molar-refractivity contribution is 0.00197. The summed E-state index contributed by atoms with van der Waals surface area (Å²) < 4.78 is 0.564. The van der Waals surface area contributed by atoms with Gasteiger partial charge >= 0.3 is 0 Å². The molecule has 78 valence electrons. The van der Waals surface area contributed by atoms with Gasteiger partial charge in [-0.25, -0.2) is 0 Å². The highest BCUT2D eigenvalue weighted by Gasteiger charge is 2.23. The number of hydrogen-bond acceptors (Lipinski definition) is 2. The highest BCUT2D eigenvalue weighted by Crippen LogP contribution is 2.16. The Kier molecular flexibility index (Phi) is 4.84. The fourth-order valence-electron chi connectivity index (χ4n) is 1.21. The van der Waals surface area contributed by atoms with Crippen LogP contribution in [0.1, 0.15) is 12.0 Å². The first kappa shape index (κ1) is 11.9. The number of aliphatic hydroxyl groups is 2. The average molecular weight is 306 g/mol. The van der Waals surface area contributed by atoms with Crippen LogP contribution in [0.5, 0.6) is 0 Å². The first-order valence-corrected chi connectivity index (χ1v) is 6.16. The van der Waals surface area contributed by atoms with Crippen molar-refractivity contribution in [3.63, 3.8) is 0 Å². The van der Waals surface area contributed by atoms with Gasteiger partial charge in [0.1, 0.15) is 0 Å². The SMILES string of the molecule is OC[C@](O)(CI)CCc1ccccc1. The van der Waals surface area contributed by atoms with Crippen LogP contribution in [0.4, 0.5) is 0 Å². The fraction of sp³-hybridized carbons (Fsp3) is 0.455. The van der Waals surface area contributed by atoms with E-state index in [9.17, 15) is 5.11 Å². The molecule has 0 radical (unpaired) electrons. The molecule has 0 saturated carbocycles. The van der Waals surface area contributed by atoms with Gasteiger partial charge in [0.25, 0.3) is 0 Å². The lowest BCUT2D eigenvalue weighted by atomic mass is 9.98. The Morgan fingerprint density at radius 3 is 2.36 bits per heavy atom. The minimum Gasteiger partial charge on any atom is -0.393 e. The van der Waals surface area contributed by atoms with Gasteiger partial charge in [0.2, 0.25) is 0 Å². The van der Waals surface area contributed by atoms with E-state index in [4.69, 9.17) is 5.11 Å². The summed E-state index contributed by atoms with van der Waals surface area (Å²) in [4.78, 5) is 0. The third-order valence-electron chi connectivity index (χ3n) is 2.26. The van der Waals surface area contributed by atoms with Gasteiger partial charge in [0, 0.05) is 4.43 Å². The van der Waals surface area contributed by atoms with Crippen LogP contribution < -0.4 is 0 Å². The van der Waals surface area contributed by atoms with E-state index in [2.05, 4.69) is 22.6 Å². The molecule has 2 N–H and O–H groups in total. The summed E-state index contributed by atoms with van der Waals surface area (Å²) in [5, 5.41) is 18.8. The molecule has 0 saturated heterocycles. The molecular formula is C11H15IO2. The van der Waals surface area contributed by atoms with Crippen molar-refractivity contribution >= 4 is 22.6 Å². The Labute approximate surface area is 98.1 Å². The summed E-state index contributed by atoms with van der Waals surface area (Å²) in [5.41, 5.74) is 0.278. The van der Waals surface area contributed by atoms with Crippen LogP contribution in [-0.4, -0.2) is 26.8 Å². The molecule has 2 nitrogen and oxygen atoms in total. The molecule has 0 aliphatic rings. The van der Waals surface area contributed by atoms with E-state index < -0.39 is 5.60 Å². The summed E-state index contributed by atoms with van der Waals surface area (Å²) >= 11 is 2.10. The molecule has 1 rings (SSSR count). The summed E-state index contributed by atoms with van der Waals surface area (Å²) in [6, 6.07) is 10.0. The lowest BCUT2D eigenvalue weighted by Crippen LogP contribution is -2.35. The van der Waals surface area contributed by atoms with Crippen LogP contribution in [0.2, 0.25) is 0 Å². The number of aliphatic hydroxyl groups excluding tert-OH is 1. The second kappa shape index (κ2) is 5.68. The predicted octanol–water partition coefficient (Wildman–Crippen LogP) is 1.78. The smallest absolute Gasteiger partial charge is 0.0969 e. The zero-order valence-corrected chi connectivity index (χ0v) is 10.1. The predicted molar refractivity (Wildman–Crippen MR) is 65.7 cm³/mol. The Balaban J connectivity index is 2.48. The summed E-state index contributed by atoms with van der Waals surface area (Å²) in [6.07, 6.45) is 1.41. The third kappa shape index (κ3) is 3.55. The molecule has 14 heavy (non-hydrogen) atoms. The van der Waals surface area contributed by atoms with Crippen molar-refractivity contribution in [3.05, 3.63) is 35.9 Å². The number of aryl methyl sites for hydroxylation is 1. The first-order chi connectivity index (χ1) is 6.70. The second-order valence-electron chi connectivity index (χ2n) is 3.50. The van der Waals surface area contributed by atoms with Crippen LogP contribution in [0.25, 0.3) is 0 Å². The van der Waals surface area contributed by atoms with E-state index >= 15 is 0 Å². The van der Waals surface area contributed by atoms with Gasteiger partial charge in [-0.3, -0.25) is 0 Å². The van der Waals surface area contributed by atoms with E-state index in [0.29, 0.717) is 10.8 Å². The van der Waals surface area contributed by atoms with Crippen molar-refractivity contribution < 1.29 is 10.2 Å². The molecule has 0 bridgehead atoms. The molecule has 1 atom stereocenters. The Hall–Kier alpha value is -0.130. The summed E-state index contributed by atoms with van der Waals surface area (Å²) in [6.45, 7) is -0.164. The number of hydrogen-bond donors (Lipinski definition) is 2. The van der Waals surface area contributed by atoms with E-state index in [1.807, 2.05) is 30.3 Å². The van der Waals surface area contributed by atoms with E-state index in [1.165, 1.54) is 5.56 Å². The van der Waals surface area contributed by atoms with Gasteiger partial charge in [0.05, 0.1) is 12.2 Å². The van der Waals surface area contributed by atoms with E-state index in [0.717, 1.165) is 6.42 Å². The van der Waals surface area contributed by atoms with Gasteiger partial charge in [-0.2, -0.15) is 0 Å². The van der Waals surface area contributed by atoms with E-state index in [1.54, 1.807) is 0 Å². The molecule has 0 fully saturated rings. The third-order valence-corrected chi connectivity index (χ3v) is 3.68. The van der Waals surface area contributed by atoms with Crippen LogP contribution in [0.15, 0.2) is 30.3 Å². The average Bonchev–Trinajstić information content (AvgIpc) is 2.27. The standard InChI is InChI=1S/C11H15IO2/c12-8-11(14,9-13)7-6-10-4-2-1-3-5-10/h1-5,13-14H,6-9H2/t11-/m1/s1. The van der Waals surface area contributed by atoms with Crippen molar-refractivity contribution in [1.29, 1.82) is 0 Å². The molecule has 1 aromatic carbocycles. The van der Waals surface area contributed by atoms with Gasteiger partial charge in [-0.05, 0) is 18.4 Å². The van der Waals surface area contributed by atoms with Crippen LogP contribution in [-0.2, 0) is 6.42 Å². The molecular weight excluding hydrogens is 291 g/mol. The maximum atomic E-state index is 9.83. The molecule has 0 aliphatic heterocycles. The molecule has 3 heteroatoms. The Bertz CT molecular complexity index is 257. The zero-order chi connectivity index (χ0) is 10.4. The molecule has 0 heterocycles. The minimum atomic E-state index is -0.920. The number of benzene rings is 1. The van der Waals surface area contributed by atoms with Crippen molar-refractivity contribution in [2.45, 2.75) is 18.4 Å². The largest absolute Gasteiger partial charge is 0.393 e. The fourth-order valence-corrected chi connectivity index (χ4v) is 1.83. The maximum Gasteiger partial charge on any atom is 0.0969 e. The van der Waals surface area contributed by atoms with Crippen molar-refractivity contribution in [2.75, 3.05) is 11.0 Å². The molecule has 1 aromatic rings. The maximum absolute atomic E-state index is 9.83. The molecule has 0 spiro atoms. The topological polar surface area (TPSA) is 40.5 Å². The van der Waals surface area contributed by atoms with Crippen molar-refractivity contribution in [2.24, 2.45) is 0 Å². The second-order valence-corrected chi connectivity index (χ2v) is 4.26. The number of alkyl halides is 1. The highest BCUT2D eigenvalue weighted by molar-refractivity contribution is 14.1. The van der Waals surface area contributed by atoms with Crippen LogP contribution in [0, 0.1) is 0 Å². The van der Waals surface area contributed by atoms with Gasteiger partial charge in [0.15, 0.2) is 0 Å². The normalized spacial score (nSPS) is 15.1. The minimum absolute atomic E-state index is 0.164. The van der Waals surface area contributed by atoms with Gasteiger partial charge in [-0.1, -0.05) is 52.9 Å². The zero-order valence-electron chi connectivity index (χ0n) is 7.99. The monoisotopic (exact) mass is 306 g/mol. The number of rotatable bonds is 5. The molecule has 0 aliphatic carbocycles. The van der Waals surface area contributed by atoms with Gasteiger partial charge in [-0.15, -0.1) is 0 Å². The number of halogens is 1. The lowest BCUT2D eigenvalue weighted by Gasteiger charge is -2.22. The van der Waals surface area contributed by atoms with Crippen LogP contribution >= 0.6 is 22.6 Å². The van der Waals surface area contributed by atoms with Crippen molar-refractivity contribution in [1.82, 2.24) is 0 Å². The van der Waals surface area contributed by atoms with Gasteiger partial charge < -0.3 is 10.2 Å². The van der Waals surface area contributed by atoms with Crippen molar-refractivity contribution in [3.8, 4) is 0 Å². The van der Waals surface area contributed by atoms with Crippen LogP contribution in [0.3, 0.4) is 0 Å². The quantitative estimate of drug-likeness (QED) is 0.643. The Morgan fingerprint density at radius 1 is 1.21 bits per heavy atom. The summed E-state index contributed by atoms with van der Waals surface area (Å²) in [7, 11) is 0. The first-order valence-electron chi connectivity index (χ1n) is 4.63.